The molecule has 16 aromatic rings. The topological polar surface area (TPSA) is 77.3 Å². The van der Waals surface area contributed by atoms with Gasteiger partial charge in [0, 0.05) is 44.6 Å². The second kappa shape index (κ2) is 34.3. The molecule has 0 aliphatic carbocycles. The smallest absolute Gasteiger partial charge is 0.304 e. The fourth-order valence-electron chi connectivity index (χ4n) is 9.87. The van der Waals surface area contributed by atoms with Crippen molar-refractivity contribution in [3.63, 3.8) is 0 Å². The van der Waals surface area contributed by atoms with Gasteiger partial charge in [-0.3, -0.25) is 0 Å². The van der Waals surface area contributed by atoms with E-state index in [4.69, 9.17) is 0 Å². The molecule has 0 atom stereocenters. The Labute approximate surface area is 587 Å². The Balaban J connectivity index is 0.000000134. The van der Waals surface area contributed by atoms with Gasteiger partial charge >= 0.3 is 40.2 Å². The maximum absolute atomic E-state index is 4.49. The van der Waals surface area contributed by atoms with Crippen molar-refractivity contribution in [1.29, 1.82) is 0 Å². The first kappa shape index (κ1) is 68.8. The molecule has 0 saturated heterocycles. The van der Waals surface area contributed by atoms with Gasteiger partial charge in [0.05, 0.1) is 0 Å². The summed E-state index contributed by atoms with van der Waals surface area (Å²) in [7, 11) is 0. The Hall–Kier alpha value is -9.60. The molecule has 0 radical (unpaired) electrons. The van der Waals surface area contributed by atoms with Crippen LogP contribution in [0.1, 0.15) is 33.9 Å². The molecule has 10 heteroatoms. The number of benzene rings is 8. The van der Waals surface area contributed by atoms with Gasteiger partial charge in [-0.25, -0.2) is 0 Å². The van der Waals surface area contributed by atoms with E-state index in [1.165, 1.54) is 51.5 Å². The summed E-state index contributed by atoms with van der Waals surface area (Å²) < 4.78 is 5.22. The maximum Gasteiger partial charge on any atom is 3.00 e. The normalized spacial score (nSPS) is 10.3. The summed E-state index contributed by atoms with van der Waals surface area (Å²) in [6.07, 6.45) is 3.80. The standard InChI is InChI=1S/2C18H12NS.4C12H10N.2Ir/c1-12-6-9-16(19-11-12)13-7-8-15-14-4-2-3-5-17(14)20-18(15)10-13;1-12-6-8-16(19-11-12)13-7-9-18-15(10-13)14-4-2-3-5-17(14)20-18;4*1-10-6-5-9-12(13-10)11-7-3-2-4-8-11;;/h2*2-6,8-11H,1H3;4*2-7,9H,1H3;;/q6*-1;2*+3. The van der Waals surface area contributed by atoms with Crippen LogP contribution in [-0.4, -0.2) is 29.9 Å². The van der Waals surface area contributed by atoms with E-state index in [0.29, 0.717) is 0 Å². The summed E-state index contributed by atoms with van der Waals surface area (Å²) >= 11 is 3.64. The molecular weight excluding hydrogens is 1540 g/mol. The fraction of sp³-hybridized carbons (Fsp3) is 0.0714. The molecule has 0 amide bonds. The molecular formula is C84H64Ir2N6S2. The maximum atomic E-state index is 4.49. The van der Waals surface area contributed by atoms with Gasteiger partial charge in [-0.05, 0) is 143 Å². The first-order valence-electron chi connectivity index (χ1n) is 30.2. The molecule has 0 aliphatic heterocycles. The first-order valence-corrected chi connectivity index (χ1v) is 31.9. The summed E-state index contributed by atoms with van der Waals surface area (Å²) in [6, 6.07) is 109. The number of hydrogen-bond donors (Lipinski definition) is 0. The van der Waals surface area contributed by atoms with Crippen LogP contribution >= 0.6 is 22.7 Å². The number of fused-ring (bicyclic) bond motifs is 6. The van der Waals surface area contributed by atoms with Crippen LogP contribution < -0.4 is 0 Å². The molecule has 460 valence electrons. The van der Waals surface area contributed by atoms with E-state index in [1.54, 1.807) is 0 Å². The van der Waals surface area contributed by atoms with E-state index < -0.39 is 0 Å². The van der Waals surface area contributed by atoms with Gasteiger partial charge in [-0.1, -0.05) is 120 Å². The van der Waals surface area contributed by atoms with Crippen LogP contribution in [0.4, 0.5) is 0 Å². The minimum absolute atomic E-state index is 0. The van der Waals surface area contributed by atoms with E-state index in [0.717, 1.165) is 90.3 Å². The third kappa shape index (κ3) is 18.8. The van der Waals surface area contributed by atoms with Crippen LogP contribution in [0.5, 0.6) is 0 Å². The number of hydrogen-bond acceptors (Lipinski definition) is 8. The van der Waals surface area contributed by atoms with Gasteiger partial charge in [0.1, 0.15) is 0 Å². The molecule has 0 bridgehead atoms. The van der Waals surface area contributed by atoms with Gasteiger partial charge in [-0.15, -0.1) is 191 Å². The Kier molecular flexibility index (Phi) is 25.1. The van der Waals surface area contributed by atoms with Crippen molar-refractivity contribution in [2.24, 2.45) is 0 Å². The predicted octanol–water partition coefficient (Wildman–Crippen LogP) is 21.9. The van der Waals surface area contributed by atoms with Crippen LogP contribution in [0.2, 0.25) is 0 Å². The summed E-state index contributed by atoms with van der Waals surface area (Å²) in [5, 5.41) is 5.20. The molecule has 0 N–H and O–H groups in total. The molecule has 0 spiro atoms. The van der Waals surface area contributed by atoms with Gasteiger partial charge in [-0.2, -0.15) is 22.7 Å². The molecule has 94 heavy (non-hydrogen) atoms. The molecule has 6 nitrogen and oxygen atoms in total. The van der Waals surface area contributed by atoms with Crippen molar-refractivity contribution >= 4 is 63.0 Å². The number of nitrogens with zero attached hydrogens (tertiary/aromatic N) is 6. The molecule has 8 heterocycles. The Morgan fingerprint density at radius 2 is 0.606 bits per heavy atom. The van der Waals surface area contributed by atoms with Crippen molar-refractivity contribution in [2.45, 2.75) is 41.5 Å². The van der Waals surface area contributed by atoms with Crippen molar-refractivity contribution in [3.8, 4) is 67.5 Å². The summed E-state index contributed by atoms with van der Waals surface area (Å²) in [5.74, 6) is 0. The van der Waals surface area contributed by atoms with E-state index in [1.807, 2.05) is 233 Å². The van der Waals surface area contributed by atoms with Crippen molar-refractivity contribution < 1.29 is 40.2 Å². The Bertz CT molecular complexity index is 4660. The van der Waals surface area contributed by atoms with Crippen LogP contribution in [0.3, 0.4) is 0 Å². The average Bonchev–Trinajstić information content (AvgIpc) is 1.67. The van der Waals surface area contributed by atoms with Crippen LogP contribution in [0.15, 0.2) is 279 Å². The molecule has 0 saturated carbocycles. The van der Waals surface area contributed by atoms with E-state index in [9.17, 15) is 0 Å². The van der Waals surface area contributed by atoms with E-state index in [-0.39, 0.29) is 40.2 Å². The summed E-state index contributed by atoms with van der Waals surface area (Å²) in [5.41, 5.74) is 18.7. The average molecular weight is 1610 g/mol. The number of rotatable bonds is 6. The zero-order valence-corrected chi connectivity index (χ0v) is 59.1. The molecule has 16 rings (SSSR count). The van der Waals surface area contributed by atoms with Crippen molar-refractivity contribution in [3.05, 3.63) is 350 Å². The summed E-state index contributed by atoms with van der Waals surface area (Å²) in [4.78, 5) is 26.6. The minimum Gasteiger partial charge on any atom is -0.304 e. The van der Waals surface area contributed by atoms with Crippen LogP contribution in [0.25, 0.3) is 108 Å². The first-order chi connectivity index (χ1) is 45.1. The number of pyridine rings is 6. The number of thiophene rings is 2. The third-order valence-corrected chi connectivity index (χ3v) is 16.8. The Morgan fingerprint density at radius 3 is 0.968 bits per heavy atom. The van der Waals surface area contributed by atoms with Crippen LogP contribution in [-0.2, 0) is 40.2 Å². The van der Waals surface area contributed by atoms with Gasteiger partial charge in [0.2, 0.25) is 0 Å². The predicted molar refractivity (Wildman–Crippen MR) is 385 cm³/mol. The monoisotopic (exact) mass is 1610 g/mol. The fourth-order valence-corrected chi connectivity index (χ4v) is 12.1. The number of aromatic nitrogens is 6. The largest absolute Gasteiger partial charge is 3.00 e. The van der Waals surface area contributed by atoms with Gasteiger partial charge < -0.3 is 29.9 Å². The van der Waals surface area contributed by atoms with E-state index >= 15 is 0 Å². The third-order valence-electron chi connectivity index (χ3n) is 14.5. The molecule has 0 fully saturated rings. The van der Waals surface area contributed by atoms with Crippen molar-refractivity contribution in [2.75, 3.05) is 0 Å². The summed E-state index contributed by atoms with van der Waals surface area (Å²) in [6.45, 7) is 12.1. The van der Waals surface area contributed by atoms with Gasteiger partial charge in [0.25, 0.3) is 0 Å². The second-order valence-electron chi connectivity index (χ2n) is 21.6. The second-order valence-corrected chi connectivity index (χ2v) is 23.8. The molecule has 8 aromatic carbocycles. The van der Waals surface area contributed by atoms with Crippen LogP contribution in [0, 0.1) is 77.9 Å². The van der Waals surface area contributed by atoms with E-state index in [2.05, 4.69) is 177 Å². The molecule has 0 aliphatic rings. The molecule has 8 aromatic heterocycles. The SMILES string of the molecule is Cc1ccc(-c2[c-]cc3c(c2)sc2ccccc23)nc1.Cc1ccc(-c2[c-]cc3sc4ccccc4c3c2)nc1.Cc1cccc(-c2[c-]cccc2)n1.Cc1cccc(-c2[c-]cccc2)n1.Cc1cccc(-c2[c-]cccc2)n1.Cc1cccc(-c2[c-]cccc2)n1.[Ir+3].[Ir+3]. The Morgan fingerprint density at radius 1 is 0.255 bits per heavy atom. The zero-order chi connectivity index (χ0) is 63.4. The van der Waals surface area contributed by atoms with Gasteiger partial charge in [0.15, 0.2) is 0 Å². The zero-order valence-electron chi connectivity index (χ0n) is 52.7. The number of aryl methyl sites for hydroxylation is 6. The minimum atomic E-state index is 0. The van der Waals surface area contributed by atoms with Crippen molar-refractivity contribution in [1.82, 2.24) is 29.9 Å². The quantitative estimate of drug-likeness (QED) is 0.154. The molecule has 0 unspecified atom stereocenters.